The van der Waals surface area contributed by atoms with Crippen molar-refractivity contribution in [1.29, 1.82) is 0 Å². The summed E-state index contributed by atoms with van der Waals surface area (Å²) in [7, 11) is 0. The van der Waals surface area contributed by atoms with Crippen molar-refractivity contribution in [2.45, 2.75) is 6.92 Å². The van der Waals surface area contributed by atoms with Crippen molar-refractivity contribution in [2.75, 3.05) is 5.48 Å². The zero-order valence-electron chi connectivity index (χ0n) is 6.44. The Morgan fingerprint density at radius 3 is 2.67 bits per heavy atom. The highest BCUT2D eigenvalue weighted by atomic mass is 16.6. The summed E-state index contributed by atoms with van der Waals surface area (Å²) in [6, 6.07) is 4.56. The molecule has 0 saturated heterocycles. The minimum absolute atomic E-state index is 0.127. The van der Waals surface area contributed by atoms with Crippen molar-refractivity contribution in [3.63, 3.8) is 0 Å². The SMILES string of the molecule is Cc1cccc([N+](=O)[O-])c1NO. The first-order valence-corrected chi connectivity index (χ1v) is 3.31. The number of nitrogens with one attached hydrogen (secondary N) is 1. The van der Waals surface area contributed by atoms with Crippen LogP contribution in [0.1, 0.15) is 5.56 Å². The largest absolute Gasteiger partial charge is 0.294 e. The topological polar surface area (TPSA) is 75.4 Å². The minimum Gasteiger partial charge on any atom is -0.291 e. The van der Waals surface area contributed by atoms with Crippen LogP contribution in [0.5, 0.6) is 0 Å². The summed E-state index contributed by atoms with van der Waals surface area (Å²) in [5.74, 6) is 0. The van der Waals surface area contributed by atoms with E-state index in [2.05, 4.69) is 0 Å². The van der Waals surface area contributed by atoms with Crippen molar-refractivity contribution < 1.29 is 10.1 Å². The molecule has 1 aromatic carbocycles. The molecule has 5 heteroatoms. The van der Waals surface area contributed by atoms with Gasteiger partial charge < -0.3 is 0 Å². The zero-order valence-corrected chi connectivity index (χ0v) is 6.44. The van der Waals surface area contributed by atoms with Gasteiger partial charge in [0.1, 0.15) is 5.69 Å². The molecule has 12 heavy (non-hydrogen) atoms. The summed E-state index contributed by atoms with van der Waals surface area (Å²) in [4.78, 5) is 9.84. The average molecular weight is 168 g/mol. The number of nitro groups is 1. The van der Waals surface area contributed by atoms with Gasteiger partial charge in [-0.2, -0.15) is 0 Å². The van der Waals surface area contributed by atoms with Crippen LogP contribution >= 0.6 is 0 Å². The lowest BCUT2D eigenvalue weighted by Crippen LogP contribution is -1.98. The lowest BCUT2D eigenvalue weighted by atomic mass is 10.2. The summed E-state index contributed by atoms with van der Waals surface area (Å²) in [5.41, 5.74) is 2.45. The number of hydrogen-bond acceptors (Lipinski definition) is 4. The van der Waals surface area contributed by atoms with Crippen LogP contribution in [-0.2, 0) is 0 Å². The van der Waals surface area contributed by atoms with Crippen molar-refractivity contribution >= 4 is 11.4 Å². The third-order valence-corrected chi connectivity index (χ3v) is 1.56. The molecule has 64 valence electrons. The van der Waals surface area contributed by atoms with E-state index in [4.69, 9.17) is 5.21 Å². The van der Waals surface area contributed by atoms with Crippen LogP contribution in [-0.4, -0.2) is 10.1 Å². The highest BCUT2D eigenvalue weighted by molar-refractivity contribution is 5.64. The number of nitro benzene ring substituents is 1. The van der Waals surface area contributed by atoms with Crippen LogP contribution in [0, 0.1) is 17.0 Å². The maximum atomic E-state index is 10.4. The maximum absolute atomic E-state index is 10.4. The van der Waals surface area contributed by atoms with Crippen LogP contribution < -0.4 is 5.48 Å². The number of aryl methyl sites for hydroxylation is 1. The molecule has 0 bridgehead atoms. The molecule has 1 aromatic rings. The van der Waals surface area contributed by atoms with E-state index in [9.17, 15) is 10.1 Å². The van der Waals surface area contributed by atoms with E-state index in [1.807, 2.05) is 0 Å². The first-order chi connectivity index (χ1) is 5.66. The highest BCUT2D eigenvalue weighted by Crippen LogP contribution is 2.26. The Balaban J connectivity index is 3.27. The quantitative estimate of drug-likeness (QED) is 0.520. The van der Waals surface area contributed by atoms with Gasteiger partial charge in [-0.15, -0.1) is 0 Å². The zero-order chi connectivity index (χ0) is 9.14. The molecule has 0 aliphatic carbocycles. The van der Waals surface area contributed by atoms with E-state index in [0.717, 1.165) is 0 Å². The van der Waals surface area contributed by atoms with Gasteiger partial charge in [0.25, 0.3) is 5.69 Å². The van der Waals surface area contributed by atoms with Crippen LogP contribution in [0.25, 0.3) is 0 Å². The molecule has 0 fully saturated rings. The predicted octanol–water partition coefficient (Wildman–Crippen LogP) is 1.70. The maximum Gasteiger partial charge on any atom is 0.294 e. The summed E-state index contributed by atoms with van der Waals surface area (Å²) < 4.78 is 0. The van der Waals surface area contributed by atoms with Gasteiger partial charge >= 0.3 is 0 Å². The molecule has 1 rings (SSSR count). The Kier molecular flexibility index (Phi) is 2.25. The van der Waals surface area contributed by atoms with E-state index in [-0.39, 0.29) is 11.4 Å². The van der Waals surface area contributed by atoms with E-state index in [0.29, 0.717) is 5.56 Å². The molecular weight excluding hydrogens is 160 g/mol. The Morgan fingerprint density at radius 1 is 1.58 bits per heavy atom. The first kappa shape index (κ1) is 8.48. The van der Waals surface area contributed by atoms with Gasteiger partial charge in [0.05, 0.1) is 4.92 Å². The standard InChI is InChI=1S/C7H8N2O3/c1-5-3-2-4-6(9(11)12)7(5)8-10/h2-4,8,10H,1H3. The Hall–Kier alpha value is -1.62. The van der Waals surface area contributed by atoms with E-state index in [1.165, 1.54) is 6.07 Å². The summed E-state index contributed by atoms with van der Waals surface area (Å²) in [5, 5.41) is 19.0. The number of para-hydroxylation sites is 1. The van der Waals surface area contributed by atoms with Crippen molar-refractivity contribution in [1.82, 2.24) is 0 Å². The lowest BCUT2D eigenvalue weighted by molar-refractivity contribution is -0.384. The molecular formula is C7H8N2O3. The fraction of sp³-hybridized carbons (Fsp3) is 0.143. The average Bonchev–Trinajstić information content (AvgIpc) is 2.03. The summed E-state index contributed by atoms with van der Waals surface area (Å²) >= 11 is 0. The molecule has 0 unspecified atom stereocenters. The van der Waals surface area contributed by atoms with Crippen LogP contribution in [0.3, 0.4) is 0 Å². The number of hydrogen-bond donors (Lipinski definition) is 2. The Morgan fingerprint density at radius 2 is 2.25 bits per heavy atom. The predicted molar refractivity (Wildman–Crippen MR) is 43.2 cm³/mol. The molecule has 5 nitrogen and oxygen atoms in total. The van der Waals surface area contributed by atoms with Gasteiger partial charge in [-0.25, -0.2) is 0 Å². The molecule has 0 atom stereocenters. The van der Waals surface area contributed by atoms with E-state index >= 15 is 0 Å². The van der Waals surface area contributed by atoms with Gasteiger partial charge in [-0.05, 0) is 12.5 Å². The number of anilines is 1. The first-order valence-electron chi connectivity index (χ1n) is 3.31. The molecule has 0 aliphatic heterocycles. The van der Waals surface area contributed by atoms with Gasteiger partial charge in [0.2, 0.25) is 0 Å². The van der Waals surface area contributed by atoms with Crippen LogP contribution in [0.4, 0.5) is 11.4 Å². The van der Waals surface area contributed by atoms with Gasteiger partial charge in [0, 0.05) is 6.07 Å². The van der Waals surface area contributed by atoms with Crippen LogP contribution in [0.2, 0.25) is 0 Å². The molecule has 0 radical (unpaired) electrons. The van der Waals surface area contributed by atoms with Gasteiger partial charge in [0.15, 0.2) is 0 Å². The van der Waals surface area contributed by atoms with Crippen LogP contribution in [0.15, 0.2) is 18.2 Å². The molecule has 0 saturated carbocycles. The highest BCUT2D eigenvalue weighted by Gasteiger charge is 2.13. The number of nitrogens with zero attached hydrogens (tertiary/aromatic N) is 1. The molecule has 0 heterocycles. The van der Waals surface area contributed by atoms with Crippen molar-refractivity contribution in [2.24, 2.45) is 0 Å². The Labute approximate surface area is 68.7 Å². The fourth-order valence-corrected chi connectivity index (χ4v) is 0.950. The smallest absolute Gasteiger partial charge is 0.291 e. The number of rotatable bonds is 2. The monoisotopic (exact) mass is 168 g/mol. The van der Waals surface area contributed by atoms with Crippen molar-refractivity contribution in [3.8, 4) is 0 Å². The third kappa shape index (κ3) is 1.35. The van der Waals surface area contributed by atoms with Gasteiger partial charge in [-0.3, -0.25) is 20.8 Å². The summed E-state index contributed by atoms with van der Waals surface area (Å²) in [6.07, 6.45) is 0. The molecule has 2 N–H and O–H groups in total. The van der Waals surface area contributed by atoms with Crippen molar-refractivity contribution in [3.05, 3.63) is 33.9 Å². The van der Waals surface area contributed by atoms with E-state index in [1.54, 1.807) is 24.5 Å². The lowest BCUT2D eigenvalue weighted by Gasteiger charge is -2.02. The Bertz CT molecular complexity index is 312. The second kappa shape index (κ2) is 3.19. The van der Waals surface area contributed by atoms with Gasteiger partial charge in [-0.1, -0.05) is 12.1 Å². The molecule has 0 aliphatic rings. The second-order valence-electron chi connectivity index (χ2n) is 2.34. The minimum atomic E-state index is -0.550. The number of benzene rings is 1. The molecule has 0 spiro atoms. The molecule has 0 amide bonds. The fourth-order valence-electron chi connectivity index (χ4n) is 0.950. The van der Waals surface area contributed by atoms with E-state index < -0.39 is 4.92 Å². The second-order valence-corrected chi connectivity index (χ2v) is 2.34. The summed E-state index contributed by atoms with van der Waals surface area (Å²) in [6.45, 7) is 1.67. The third-order valence-electron chi connectivity index (χ3n) is 1.56. The normalized spacial score (nSPS) is 9.50. The molecule has 0 aromatic heterocycles.